The van der Waals surface area contributed by atoms with Crippen LogP contribution in [0.1, 0.15) is 17.5 Å². The molecule has 3 heteroatoms. The second kappa shape index (κ2) is 7.71. The van der Waals surface area contributed by atoms with Gasteiger partial charge in [-0.05, 0) is 43.7 Å². The van der Waals surface area contributed by atoms with Crippen LogP contribution in [0.25, 0.3) is 0 Å². The van der Waals surface area contributed by atoms with Crippen molar-refractivity contribution in [3.63, 3.8) is 0 Å². The average Bonchev–Trinajstić information content (AvgIpc) is 2.28. The van der Waals surface area contributed by atoms with Gasteiger partial charge in [-0.2, -0.15) is 0 Å². The molecule has 2 nitrogen and oxygen atoms in total. The monoisotopic (exact) mass is 239 g/mol. The van der Waals surface area contributed by atoms with Crippen LogP contribution in [0.15, 0.2) is 23.1 Å². The van der Waals surface area contributed by atoms with Crippen molar-refractivity contribution in [3.8, 4) is 0 Å². The lowest BCUT2D eigenvalue weighted by molar-refractivity contribution is 0.200. The van der Waals surface area contributed by atoms with Crippen molar-refractivity contribution in [2.45, 2.75) is 24.8 Å². The van der Waals surface area contributed by atoms with Gasteiger partial charge >= 0.3 is 0 Å². The molecule has 1 aromatic carbocycles. The third kappa shape index (κ3) is 4.56. The molecular weight excluding hydrogens is 218 g/mol. The van der Waals surface area contributed by atoms with Crippen LogP contribution in [0.3, 0.4) is 0 Å². The molecule has 0 aliphatic carbocycles. The van der Waals surface area contributed by atoms with Crippen LogP contribution in [0.2, 0.25) is 0 Å². The van der Waals surface area contributed by atoms with Crippen molar-refractivity contribution in [1.82, 2.24) is 5.32 Å². The SMILES string of the molecule is CNCc1ccc(SCCCOC)cc1C. The van der Waals surface area contributed by atoms with Gasteiger partial charge in [0.25, 0.3) is 0 Å². The Morgan fingerprint density at radius 1 is 1.38 bits per heavy atom. The van der Waals surface area contributed by atoms with E-state index in [0.29, 0.717) is 0 Å². The summed E-state index contributed by atoms with van der Waals surface area (Å²) in [5.41, 5.74) is 2.75. The highest BCUT2D eigenvalue weighted by Gasteiger charge is 1.99. The summed E-state index contributed by atoms with van der Waals surface area (Å²) in [5, 5.41) is 3.18. The number of hydrogen-bond donors (Lipinski definition) is 1. The van der Waals surface area contributed by atoms with Gasteiger partial charge < -0.3 is 10.1 Å². The van der Waals surface area contributed by atoms with E-state index >= 15 is 0 Å². The van der Waals surface area contributed by atoms with E-state index in [1.807, 2.05) is 18.8 Å². The molecule has 0 heterocycles. The van der Waals surface area contributed by atoms with Gasteiger partial charge in [0.2, 0.25) is 0 Å². The van der Waals surface area contributed by atoms with Crippen molar-refractivity contribution in [3.05, 3.63) is 29.3 Å². The van der Waals surface area contributed by atoms with E-state index in [4.69, 9.17) is 4.74 Å². The largest absolute Gasteiger partial charge is 0.385 e. The van der Waals surface area contributed by atoms with Crippen molar-refractivity contribution < 1.29 is 4.74 Å². The predicted molar refractivity (Wildman–Crippen MR) is 71.2 cm³/mol. The Hall–Kier alpha value is -0.510. The molecule has 0 spiro atoms. The molecular formula is C13H21NOS. The molecule has 1 aromatic rings. The molecule has 0 fully saturated rings. The molecule has 0 saturated carbocycles. The normalized spacial score (nSPS) is 10.7. The maximum Gasteiger partial charge on any atom is 0.0470 e. The first-order chi connectivity index (χ1) is 7.77. The van der Waals surface area contributed by atoms with Crippen molar-refractivity contribution in [1.29, 1.82) is 0 Å². The van der Waals surface area contributed by atoms with Gasteiger partial charge in [-0.3, -0.25) is 0 Å². The maximum absolute atomic E-state index is 5.03. The lowest BCUT2D eigenvalue weighted by Gasteiger charge is -2.07. The van der Waals surface area contributed by atoms with Crippen LogP contribution in [-0.2, 0) is 11.3 Å². The molecule has 0 unspecified atom stereocenters. The van der Waals surface area contributed by atoms with Crippen LogP contribution < -0.4 is 5.32 Å². The first-order valence-electron chi connectivity index (χ1n) is 5.63. The fraction of sp³-hybridized carbons (Fsp3) is 0.538. The number of benzene rings is 1. The van der Waals surface area contributed by atoms with Crippen molar-refractivity contribution in [2.24, 2.45) is 0 Å². The number of methoxy groups -OCH3 is 1. The summed E-state index contributed by atoms with van der Waals surface area (Å²) < 4.78 is 5.03. The van der Waals surface area contributed by atoms with Crippen molar-refractivity contribution in [2.75, 3.05) is 26.5 Å². The summed E-state index contributed by atoms with van der Waals surface area (Å²) in [4.78, 5) is 1.36. The summed E-state index contributed by atoms with van der Waals surface area (Å²) in [6.45, 7) is 3.97. The molecule has 90 valence electrons. The lowest BCUT2D eigenvalue weighted by Crippen LogP contribution is -2.06. The summed E-state index contributed by atoms with van der Waals surface area (Å²) in [6.07, 6.45) is 1.11. The number of ether oxygens (including phenoxy) is 1. The fourth-order valence-corrected chi connectivity index (χ4v) is 2.46. The highest BCUT2D eigenvalue weighted by atomic mass is 32.2. The Bertz CT molecular complexity index is 315. The van der Waals surface area contributed by atoms with Crippen LogP contribution in [0.5, 0.6) is 0 Å². The predicted octanol–water partition coefficient (Wildman–Crippen LogP) is 2.84. The molecule has 0 radical (unpaired) electrons. The molecule has 0 amide bonds. The molecule has 0 bridgehead atoms. The van der Waals surface area contributed by atoms with Gasteiger partial charge in [0, 0.05) is 30.9 Å². The molecule has 16 heavy (non-hydrogen) atoms. The Kier molecular flexibility index (Phi) is 6.53. The van der Waals surface area contributed by atoms with E-state index < -0.39 is 0 Å². The Morgan fingerprint density at radius 2 is 2.19 bits per heavy atom. The fourth-order valence-electron chi connectivity index (χ4n) is 1.54. The van der Waals surface area contributed by atoms with Crippen LogP contribution in [-0.4, -0.2) is 26.5 Å². The standard InChI is InChI=1S/C13H21NOS/c1-11-9-13(16-8-4-7-15-3)6-5-12(11)10-14-2/h5-6,9,14H,4,7-8,10H2,1-3H3. The second-order valence-electron chi connectivity index (χ2n) is 3.81. The summed E-state index contributed by atoms with van der Waals surface area (Å²) in [6, 6.07) is 6.69. The van der Waals surface area contributed by atoms with Crippen LogP contribution in [0, 0.1) is 6.92 Å². The van der Waals surface area contributed by atoms with Gasteiger partial charge in [0.1, 0.15) is 0 Å². The van der Waals surface area contributed by atoms with Crippen molar-refractivity contribution >= 4 is 11.8 Å². The van der Waals surface area contributed by atoms with E-state index in [9.17, 15) is 0 Å². The third-order valence-corrected chi connectivity index (χ3v) is 3.52. The first kappa shape index (κ1) is 13.6. The van der Waals surface area contributed by atoms with Crippen LogP contribution >= 0.6 is 11.8 Å². The number of thioether (sulfide) groups is 1. The quantitative estimate of drug-likeness (QED) is 0.584. The van der Waals surface area contributed by atoms with E-state index in [2.05, 4.69) is 30.4 Å². The molecule has 0 aliphatic rings. The summed E-state index contributed by atoms with van der Waals surface area (Å²) >= 11 is 1.90. The van der Waals surface area contributed by atoms with E-state index in [-0.39, 0.29) is 0 Å². The zero-order chi connectivity index (χ0) is 11.8. The lowest BCUT2D eigenvalue weighted by atomic mass is 10.1. The smallest absolute Gasteiger partial charge is 0.0470 e. The molecule has 0 saturated heterocycles. The van der Waals surface area contributed by atoms with E-state index in [0.717, 1.165) is 25.3 Å². The number of rotatable bonds is 7. The zero-order valence-corrected chi connectivity index (χ0v) is 11.2. The molecule has 0 atom stereocenters. The van der Waals surface area contributed by atoms with Crippen LogP contribution in [0.4, 0.5) is 0 Å². The molecule has 0 aromatic heterocycles. The summed E-state index contributed by atoms with van der Waals surface area (Å²) in [5.74, 6) is 1.12. The molecule has 1 N–H and O–H groups in total. The van der Waals surface area contributed by atoms with Gasteiger partial charge in [-0.25, -0.2) is 0 Å². The van der Waals surface area contributed by atoms with Gasteiger partial charge in [-0.1, -0.05) is 6.07 Å². The third-order valence-electron chi connectivity index (χ3n) is 2.44. The average molecular weight is 239 g/mol. The summed E-state index contributed by atoms with van der Waals surface area (Å²) in [7, 11) is 3.73. The van der Waals surface area contributed by atoms with Gasteiger partial charge in [-0.15, -0.1) is 11.8 Å². The van der Waals surface area contributed by atoms with Gasteiger partial charge in [0.15, 0.2) is 0 Å². The Morgan fingerprint density at radius 3 is 2.81 bits per heavy atom. The number of nitrogens with one attached hydrogen (secondary N) is 1. The second-order valence-corrected chi connectivity index (χ2v) is 4.98. The minimum Gasteiger partial charge on any atom is -0.385 e. The van der Waals surface area contributed by atoms with Gasteiger partial charge in [0.05, 0.1) is 0 Å². The topological polar surface area (TPSA) is 21.3 Å². The highest BCUT2D eigenvalue weighted by molar-refractivity contribution is 7.99. The molecule has 1 rings (SSSR count). The molecule has 0 aliphatic heterocycles. The minimum absolute atomic E-state index is 0.851. The Balaban J connectivity index is 2.46. The van der Waals surface area contributed by atoms with E-state index in [1.54, 1.807) is 7.11 Å². The first-order valence-corrected chi connectivity index (χ1v) is 6.62. The van der Waals surface area contributed by atoms with E-state index in [1.165, 1.54) is 16.0 Å². The minimum atomic E-state index is 0.851. The maximum atomic E-state index is 5.03. The highest BCUT2D eigenvalue weighted by Crippen LogP contribution is 2.21. The zero-order valence-electron chi connectivity index (χ0n) is 10.4. The Labute approximate surface area is 103 Å². The number of aryl methyl sites for hydroxylation is 1. The number of hydrogen-bond acceptors (Lipinski definition) is 3.